The lowest BCUT2D eigenvalue weighted by atomic mass is 10.2. The molecule has 0 spiro atoms. The van der Waals surface area contributed by atoms with E-state index in [1.807, 2.05) is 0 Å². The maximum absolute atomic E-state index is 13.7. The van der Waals surface area contributed by atoms with Gasteiger partial charge in [-0.3, -0.25) is 4.79 Å². The first-order valence-electron chi connectivity index (χ1n) is 8.24. The number of hydrogen-bond donors (Lipinski definition) is 1. The van der Waals surface area contributed by atoms with Crippen molar-refractivity contribution in [3.05, 3.63) is 57.8 Å². The molecule has 0 bridgehead atoms. The zero-order valence-electron chi connectivity index (χ0n) is 14.5. The summed E-state index contributed by atoms with van der Waals surface area (Å²) in [5.41, 5.74) is 0.921. The fraction of sp³-hybridized carbons (Fsp3) is 0.278. The number of halogens is 2. The summed E-state index contributed by atoms with van der Waals surface area (Å²) in [5.74, 6) is -0.955. The molecule has 2 aromatic carbocycles. The van der Waals surface area contributed by atoms with Gasteiger partial charge in [0, 0.05) is 28.8 Å². The van der Waals surface area contributed by atoms with E-state index in [0.29, 0.717) is 28.9 Å². The second-order valence-corrected chi connectivity index (χ2v) is 8.84. The zero-order valence-corrected chi connectivity index (χ0v) is 16.9. The van der Waals surface area contributed by atoms with Gasteiger partial charge in [-0.15, -0.1) is 0 Å². The predicted molar refractivity (Wildman–Crippen MR) is 103 cm³/mol. The molecule has 0 aliphatic carbocycles. The number of hydrogen-bond acceptors (Lipinski definition) is 4. The molecule has 27 heavy (non-hydrogen) atoms. The van der Waals surface area contributed by atoms with Crippen molar-refractivity contribution in [3.8, 4) is 0 Å². The minimum Gasteiger partial charge on any atom is -0.379 e. The first kappa shape index (κ1) is 19.9. The van der Waals surface area contributed by atoms with E-state index in [2.05, 4.69) is 21.2 Å². The molecular weight excluding hydrogens is 439 g/mol. The molecule has 0 aromatic heterocycles. The highest BCUT2D eigenvalue weighted by Gasteiger charge is 2.29. The van der Waals surface area contributed by atoms with Crippen LogP contribution in [0, 0.1) is 12.7 Å². The Morgan fingerprint density at radius 1 is 1.19 bits per heavy atom. The van der Waals surface area contributed by atoms with Crippen molar-refractivity contribution in [1.82, 2.24) is 4.31 Å². The number of nitrogens with zero attached hydrogens (tertiary/aromatic N) is 1. The summed E-state index contributed by atoms with van der Waals surface area (Å²) in [4.78, 5) is 12.5. The van der Waals surface area contributed by atoms with Crippen LogP contribution in [0.3, 0.4) is 0 Å². The third-order valence-corrected chi connectivity index (χ3v) is 7.10. The van der Waals surface area contributed by atoms with Crippen LogP contribution in [0.4, 0.5) is 10.1 Å². The molecule has 1 heterocycles. The Hall–Kier alpha value is -1.81. The number of rotatable bonds is 4. The van der Waals surface area contributed by atoms with Gasteiger partial charge in [0.2, 0.25) is 10.0 Å². The highest BCUT2D eigenvalue weighted by molar-refractivity contribution is 9.10. The van der Waals surface area contributed by atoms with E-state index < -0.39 is 21.7 Å². The van der Waals surface area contributed by atoms with Crippen molar-refractivity contribution in [2.45, 2.75) is 11.8 Å². The molecule has 1 aliphatic rings. The molecule has 9 heteroatoms. The average Bonchev–Trinajstić information content (AvgIpc) is 2.65. The van der Waals surface area contributed by atoms with Crippen LogP contribution in [-0.4, -0.2) is 44.9 Å². The zero-order chi connectivity index (χ0) is 19.6. The molecule has 0 unspecified atom stereocenters. The Morgan fingerprint density at radius 2 is 1.89 bits per heavy atom. The van der Waals surface area contributed by atoms with Crippen LogP contribution in [0.5, 0.6) is 0 Å². The van der Waals surface area contributed by atoms with Gasteiger partial charge in [-0.25, -0.2) is 12.8 Å². The van der Waals surface area contributed by atoms with Crippen LogP contribution in [0.15, 0.2) is 45.8 Å². The second kappa shape index (κ2) is 8.05. The van der Waals surface area contributed by atoms with E-state index in [1.54, 1.807) is 19.1 Å². The van der Waals surface area contributed by atoms with E-state index in [-0.39, 0.29) is 23.5 Å². The number of aryl methyl sites for hydroxylation is 1. The number of nitrogens with one attached hydrogen (secondary N) is 1. The predicted octanol–water partition coefficient (Wildman–Crippen LogP) is 3.17. The number of sulfonamides is 1. The van der Waals surface area contributed by atoms with Gasteiger partial charge in [-0.1, -0.05) is 6.07 Å². The van der Waals surface area contributed by atoms with Gasteiger partial charge < -0.3 is 10.1 Å². The number of carbonyl (C=O) groups excluding carboxylic acids is 1. The summed E-state index contributed by atoms with van der Waals surface area (Å²) in [6.45, 7) is 2.80. The summed E-state index contributed by atoms with van der Waals surface area (Å²) < 4.78 is 46.3. The van der Waals surface area contributed by atoms with Gasteiger partial charge in [0.05, 0.1) is 18.1 Å². The van der Waals surface area contributed by atoms with Gasteiger partial charge in [0.15, 0.2) is 0 Å². The quantitative estimate of drug-likeness (QED) is 0.766. The second-order valence-electron chi connectivity index (χ2n) is 6.08. The molecule has 0 atom stereocenters. The van der Waals surface area contributed by atoms with Crippen LogP contribution >= 0.6 is 15.9 Å². The molecule has 0 saturated carbocycles. The number of morpholine rings is 1. The molecule has 144 valence electrons. The number of benzene rings is 2. The van der Waals surface area contributed by atoms with Gasteiger partial charge in [0.1, 0.15) is 5.82 Å². The smallest absolute Gasteiger partial charge is 0.255 e. The monoisotopic (exact) mass is 456 g/mol. The summed E-state index contributed by atoms with van der Waals surface area (Å²) in [5, 5.41) is 2.58. The SMILES string of the molecule is Cc1ccc(NC(=O)c2ccc(Br)c(S(=O)(=O)N3CCOCC3)c2)cc1F. The summed E-state index contributed by atoms with van der Waals surface area (Å²) >= 11 is 3.25. The van der Waals surface area contributed by atoms with Crippen molar-refractivity contribution >= 4 is 37.5 Å². The molecule has 1 saturated heterocycles. The molecule has 1 amide bonds. The maximum atomic E-state index is 13.7. The van der Waals surface area contributed by atoms with Crippen LogP contribution < -0.4 is 5.32 Å². The van der Waals surface area contributed by atoms with Crippen molar-refractivity contribution in [3.63, 3.8) is 0 Å². The molecule has 1 fully saturated rings. The van der Waals surface area contributed by atoms with Crippen molar-refractivity contribution in [2.75, 3.05) is 31.6 Å². The fourth-order valence-electron chi connectivity index (χ4n) is 2.64. The molecule has 6 nitrogen and oxygen atoms in total. The first-order valence-corrected chi connectivity index (χ1v) is 10.5. The Bertz CT molecular complexity index is 975. The fourth-order valence-corrected chi connectivity index (χ4v) is 5.00. The highest BCUT2D eigenvalue weighted by atomic mass is 79.9. The van der Waals surface area contributed by atoms with E-state index in [9.17, 15) is 17.6 Å². The molecule has 1 aliphatic heterocycles. The van der Waals surface area contributed by atoms with E-state index in [0.717, 1.165) is 0 Å². The van der Waals surface area contributed by atoms with Crippen LogP contribution in [0.1, 0.15) is 15.9 Å². The van der Waals surface area contributed by atoms with Gasteiger partial charge in [-0.05, 0) is 58.7 Å². The lowest BCUT2D eigenvalue weighted by Gasteiger charge is -2.26. The summed E-state index contributed by atoms with van der Waals surface area (Å²) in [7, 11) is -3.77. The minimum atomic E-state index is -3.77. The molecular formula is C18H18BrFN2O4S. The van der Waals surface area contributed by atoms with Crippen LogP contribution in [0.2, 0.25) is 0 Å². The van der Waals surface area contributed by atoms with Crippen molar-refractivity contribution in [2.24, 2.45) is 0 Å². The Labute approximate surface area is 165 Å². The Kier molecular flexibility index (Phi) is 5.95. The summed E-state index contributed by atoms with van der Waals surface area (Å²) in [6, 6.07) is 8.69. The largest absolute Gasteiger partial charge is 0.379 e. The van der Waals surface area contributed by atoms with Gasteiger partial charge in [-0.2, -0.15) is 4.31 Å². The molecule has 1 N–H and O–H groups in total. The third-order valence-electron chi connectivity index (χ3n) is 4.21. The first-order chi connectivity index (χ1) is 12.8. The maximum Gasteiger partial charge on any atom is 0.255 e. The number of anilines is 1. The Morgan fingerprint density at radius 3 is 2.56 bits per heavy atom. The lowest BCUT2D eigenvalue weighted by Crippen LogP contribution is -2.40. The van der Waals surface area contributed by atoms with Crippen molar-refractivity contribution < 1.29 is 22.3 Å². The molecule has 3 rings (SSSR count). The van der Waals surface area contributed by atoms with Crippen LogP contribution in [0.25, 0.3) is 0 Å². The number of ether oxygens (including phenoxy) is 1. The summed E-state index contributed by atoms with van der Waals surface area (Å²) in [6.07, 6.45) is 0. The topological polar surface area (TPSA) is 75.7 Å². The van der Waals surface area contributed by atoms with E-state index in [4.69, 9.17) is 4.74 Å². The molecule has 2 aromatic rings. The Balaban J connectivity index is 1.88. The van der Waals surface area contributed by atoms with Crippen LogP contribution in [-0.2, 0) is 14.8 Å². The number of amides is 1. The van der Waals surface area contributed by atoms with E-state index in [1.165, 1.54) is 28.6 Å². The highest BCUT2D eigenvalue weighted by Crippen LogP contribution is 2.27. The third kappa shape index (κ3) is 4.37. The van der Waals surface area contributed by atoms with E-state index >= 15 is 0 Å². The number of carbonyl (C=O) groups is 1. The standard InChI is InChI=1S/C18H18BrFN2O4S/c1-12-2-4-14(11-16(12)20)21-18(23)13-3-5-15(19)17(10-13)27(24,25)22-6-8-26-9-7-22/h2-5,10-11H,6-9H2,1H3,(H,21,23). The lowest BCUT2D eigenvalue weighted by molar-refractivity contribution is 0.0730. The van der Waals surface area contributed by atoms with Gasteiger partial charge >= 0.3 is 0 Å². The minimum absolute atomic E-state index is 0.00661. The molecule has 0 radical (unpaired) electrons. The van der Waals surface area contributed by atoms with Gasteiger partial charge in [0.25, 0.3) is 5.91 Å². The normalized spacial score (nSPS) is 15.5. The van der Waals surface area contributed by atoms with Crippen molar-refractivity contribution in [1.29, 1.82) is 0 Å². The average molecular weight is 457 g/mol.